The van der Waals surface area contributed by atoms with Crippen molar-refractivity contribution in [2.75, 3.05) is 13.1 Å². The SMILES string of the molecule is CC(CN)(CN1Cc2ccccc2C1)c1ccccc1. The van der Waals surface area contributed by atoms with E-state index in [1.807, 2.05) is 0 Å². The highest BCUT2D eigenvalue weighted by molar-refractivity contribution is 5.31. The summed E-state index contributed by atoms with van der Waals surface area (Å²) in [5.74, 6) is 0. The van der Waals surface area contributed by atoms with Gasteiger partial charge in [0.1, 0.15) is 0 Å². The van der Waals surface area contributed by atoms with Gasteiger partial charge in [0.2, 0.25) is 0 Å². The van der Waals surface area contributed by atoms with Crippen molar-refractivity contribution in [3.63, 3.8) is 0 Å². The molecule has 3 rings (SSSR count). The maximum absolute atomic E-state index is 6.10. The van der Waals surface area contributed by atoms with Crippen LogP contribution >= 0.6 is 0 Å². The Balaban J connectivity index is 1.77. The molecule has 0 bridgehead atoms. The van der Waals surface area contributed by atoms with Crippen molar-refractivity contribution in [3.05, 3.63) is 71.3 Å². The highest BCUT2D eigenvalue weighted by Gasteiger charge is 2.30. The third-order valence-corrected chi connectivity index (χ3v) is 4.40. The van der Waals surface area contributed by atoms with Crippen LogP contribution in [-0.2, 0) is 18.5 Å². The smallest absolute Gasteiger partial charge is 0.0240 e. The van der Waals surface area contributed by atoms with Crippen LogP contribution in [0.2, 0.25) is 0 Å². The van der Waals surface area contributed by atoms with Crippen LogP contribution in [0.3, 0.4) is 0 Å². The molecule has 1 unspecified atom stereocenters. The third kappa shape index (κ3) is 2.49. The monoisotopic (exact) mass is 266 g/mol. The minimum atomic E-state index is 0.0172. The lowest BCUT2D eigenvalue weighted by Crippen LogP contribution is -2.42. The van der Waals surface area contributed by atoms with Crippen LogP contribution in [0.4, 0.5) is 0 Å². The van der Waals surface area contributed by atoms with Crippen LogP contribution in [0, 0.1) is 0 Å². The average molecular weight is 266 g/mol. The van der Waals surface area contributed by atoms with Gasteiger partial charge in [-0.15, -0.1) is 0 Å². The van der Waals surface area contributed by atoms with E-state index >= 15 is 0 Å². The third-order valence-electron chi connectivity index (χ3n) is 4.40. The van der Waals surface area contributed by atoms with Crippen molar-refractivity contribution in [2.24, 2.45) is 5.73 Å². The minimum absolute atomic E-state index is 0.0172. The van der Waals surface area contributed by atoms with Crippen LogP contribution in [0.25, 0.3) is 0 Å². The van der Waals surface area contributed by atoms with Crippen LogP contribution in [0.5, 0.6) is 0 Å². The Bertz CT molecular complexity index is 554. The molecule has 2 nitrogen and oxygen atoms in total. The fourth-order valence-corrected chi connectivity index (χ4v) is 3.12. The van der Waals surface area contributed by atoms with E-state index in [9.17, 15) is 0 Å². The molecule has 0 amide bonds. The van der Waals surface area contributed by atoms with Crippen LogP contribution in [0.1, 0.15) is 23.6 Å². The van der Waals surface area contributed by atoms with Gasteiger partial charge in [-0.25, -0.2) is 0 Å². The van der Waals surface area contributed by atoms with Crippen LogP contribution in [-0.4, -0.2) is 18.0 Å². The summed E-state index contributed by atoms with van der Waals surface area (Å²) in [6, 6.07) is 19.4. The second kappa shape index (κ2) is 5.39. The fourth-order valence-electron chi connectivity index (χ4n) is 3.12. The molecule has 0 radical (unpaired) electrons. The van der Waals surface area contributed by atoms with E-state index in [-0.39, 0.29) is 5.41 Å². The summed E-state index contributed by atoms with van der Waals surface area (Å²) in [5, 5.41) is 0. The van der Waals surface area contributed by atoms with Crippen LogP contribution in [0.15, 0.2) is 54.6 Å². The molecule has 0 spiro atoms. The lowest BCUT2D eigenvalue weighted by atomic mass is 9.82. The Kier molecular flexibility index (Phi) is 3.60. The first-order valence-electron chi connectivity index (χ1n) is 7.26. The van der Waals surface area contributed by atoms with Gasteiger partial charge in [-0.3, -0.25) is 4.90 Å². The van der Waals surface area contributed by atoms with Crippen molar-refractivity contribution < 1.29 is 0 Å². The zero-order chi connectivity index (χ0) is 14.0. The molecule has 0 aromatic heterocycles. The minimum Gasteiger partial charge on any atom is -0.330 e. The predicted molar refractivity (Wildman–Crippen MR) is 83.4 cm³/mol. The lowest BCUT2D eigenvalue weighted by Gasteiger charge is -2.33. The molecule has 0 fully saturated rings. The van der Waals surface area contributed by atoms with Gasteiger partial charge in [0.05, 0.1) is 0 Å². The number of fused-ring (bicyclic) bond motifs is 1. The second-order valence-electron chi connectivity index (χ2n) is 6.04. The van der Waals surface area contributed by atoms with Gasteiger partial charge in [0.25, 0.3) is 0 Å². The summed E-state index contributed by atoms with van der Waals surface area (Å²) < 4.78 is 0. The van der Waals surface area contributed by atoms with Crippen molar-refractivity contribution in [3.8, 4) is 0 Å². The van der Waals surface area contributed by atoms with Gasteiger partial charge in [0, 0.05) is 31.6 Å². The summed E-state index contributed by atoms with van der Waals surface area (Å²) in [6.45, 7) is 6.02. The topological polar surface area (TPSA) is 29.3 Å². The Labute approximate surface area is 121 Å². The van der Waals surface area contributed by atoms with E-state index in [0.717, 1.165) is 19.6 Å². The number of benzene rings is 2. The van der Waals surface area contributed by atoms with Gasteiger partial charge >= 0.3 is 0 Å². The molecule has 2 N–H and O–H groups in total. The zero-order valence-corrected chi connectivity index (χ0v) is 12.0. The van der Waals surface area contributed by atoms with E-state index < -0.39 is 0 Å². The molecule has 1 heterocycles. The molecule has 2 heteroatoms. The Morgan fingerprint density at radius 1 is 0.950 bits per heavy atom. The second-order valence-corrected chi connectivity index (χ2v) is 6.04. The highest BCUT2D eigenvalue weighted by Crippen LogP contribution is 2.29. The molecular weight excluding hydrogens is 244 g/mol. The molecule has 20 heavy (non-hydrogen) atoms. The van der Waals surface area contributed by atoms with E-state index in [2.05, 4.69) is 66.4 Å². The largest absolute Gasteiger partial charge is 0.330 e. The molecule has 104 valence electrons. The summed E-state index contributed by atoms with van der Waals surface area (Å²) in [7, 11) is 0. The lowest BCUT2D eigenvalue weighted by molar-refractivity contribution is 0.221. The average Bonchev–Trinajstić information content (AvgIpc) is 2.90. The first kappa shape index (κ1) is 13.3. The maximum atomic E-state index is 6.10. The molecule has 0 saturated carbocycles. The Morgan fingerprint density at radius 3 is 2.05 bits per heavy atom. The number of nitrogens with zero attached hydrogens (tertiary/aromatic N) is 1. The number of hydrogen-bond acceptors (Lipinski definition) is 2. The van der Waals surface area contributed by atoms with Gasteiger partial charge in [-0.05, 0) is 16.7 Å². The summed E-state index contributed by atoms with van der Waals surface area (Å²) in [5.41, 5.74) is 10.4. The van der Waals surface area contributed by atoms with E-state index in [1.54, 1.807) is 0 Å². The molecule has 1 atom stereocenters. The number of nitrogens with two attached hydrogens (primary N) is 1. The van der Waals surface area contributed by atoms with E-state index in [0.29, 0.717) is 6.54 Å². The van der Waals surface area contributed by atoms with E-state index in [4.69, 9.17) is 5.73 Å². The quantitative estimate of drug-likeness (QED) is 0.922. The van der Waals surface area contributed by atoms with Gasteiger partial charge < -0.3 is 5.73 Å². The number of rotatable bonds is 4. The van der Waals surface area contributed by atoms with Crippen LogP contribution < -0.4 is 5.73 Å². The first-order chi connectivity index (χ1) is 9.71. The van der Waals surface area contributed by atoms with Gasteiger partial charge in [-0.1, -0.05) is 61.5 Å². The summed E-state index contributed by atoms with van der Waals surface area (Å²) in [6.07, 6.45) is 0. The molecule has 2 aromatic rings. The first-order valence-corrected chi connectivity index (χ1v) is 7.26. The molecule has 0 aliphatic carbocycles. The van der Waals surface area contributed by atoms with E-state index in [1.165, 1.54) is 16.7 Å². The van der Waals surface area contributed by atoms with Gasteiger partial charge in [-0.2, -0.15) is 0 Å². The van der Waals surface area contributed by atoms with Crippen molar-refractivity contribution in [1.82, 2.24) is 4.90 Å². The van der Waals surface area contributed by atoms with Crippen molar-refractivity contribution in [2.45, 2.75) is 25.4 Å². The number of hydrogen-bond donors (Lipinski definition) is 1. The Hall–Kier alpha value is -1.64. The summed E-state index contributed by atoms with van der Waals surface area (Å²) >= 11 is 0. The molecular formula is C18H22N2. The maximum Gasteiger partial charge on any atom is 0.0240 e. The Morgan fingerprint density at radius 2 is 1.50 bits per heavy atom. The predicted octanol–water partition coefficient (Wildman–Crippen LogP) is 2.92. The molecule has 2 aromatic carbocycles. The van der Waals surface area contributed by atoms with Gasteiger partial charge in [0.15, 0.2) is 0 Å². The zero-order valence-electron chi connectivity index (χ0n) is 12.0. The summed E-state index contributed by atoms with van der Waals surface area (Å²) in [4.78, 5) is 2.50. The highest BCUT2D eigenvalue weighted by atomic mass is 15.1. The molecule has 1 aliphatic heterocycles. The normalized spacial score (nSPS) is 17.7. The molecule has 1 aliphatic rings. The fraction of sp³-hybridized carbons (Fsp3) is 0.333. The molecule has 0 saturated heterocycles. The standard InChI is InChI=1S/C18H22N2/c1-18(13-19,17-9-3-2-4-10-17)14-20-11-15-7-5-6-8-16(15)12-20/h2-10H,11-14,19H2,1H3. The van der Waals surface area contributed by atoms with Crippen molar-refractivity contribution >= 4 is 0 Å². The van der Waals surface area contributed by atoms with Crippen molar-refractivity contribution in [1.29, 1.82) is 0 Å².